The van der Waals surface area contributed by atoms with E-state index in [9.17, 15) is 9.59 Å². The van der Waals surface area contributed by atoms with Crippen LogP contribution in [0.1, 0.15) is 26.3 Å². The van der Waals surface area contributed by atoms with E-state index in [0.29, 0.717) is 17.1 Å². The number of benzene rings is 2. The van der Waals surface area contributed by atoms with Crippen molar-refractivity contribution in [3.63, 3.8) is 0 Å². The summed E-state index contributed by atoms with van der Waals surface area (Å²) in [6, 6.07) is 17.5. The summed E-state index contributed by atoms with van der Waals surface area (Å²) in [7, 11) is 0. The van der Waals surface area contributed by atoms with Crippen LogP contribution in [-0.2, 0) is 0 Å². The summed E-state index contributed by atoms with van der Waals surface area (Å²) in [6.07, 6.45) is 2.95. The third-order valence-electron chi connectivity index (χ3n) is 3.54. The molecule has 0 saturated carbocycles. The molecule has 0 amide bonds. The van der Waals surface area contributed by atoms with Gasteiger partial charge in [0.15, 0.2) is 0 Å². The minimum atomic E-state index is -0.570. The second-order valence-electron chi connectivity index (χ2n) is 5.30. The highest BCUT2D eigenvalue weighted by Crippen LogP contribution is 2.26. The lowest BCUT2D eigenvalue weighted by Gasteiger charge is -2.10. The molecule has 0 aliphatic carbocycles. The molecule has 3 rings (SSSR count). The third kappa shape index (κ3) is 3.38. The minimum Gasteiger partial charge on any atom is -0.457 e. The molecule has 0 saturated heterocycles. The summed E-state index contributed by atoms with van der Waals surface area (Å²) in [5.74, 6) is 0.231. The topological polar surface area (TPSA) is 56.3 Å². The number of aromatic nitrogens is 1. The van der Waals surface area contributed by atoms with Crippen molar-refractivity contribution in [3.8, 4) is 11.5 Å². The summed E-state index contributed by atoms with van der Waals surface area (Å²) < 4.78 is 5.78. The Bertz CT molecular complexity index is 874. The van der Waals surface area contributed by atoms with Crippen molar-refractivity contribution in [1.82, 2.24) is 4.98 Å². The Morgan fingerprint density at radius 3 is 2.29 bits per heavy atom. The van der Waals surface area contributed by atoms with Gasteiger partial charge in [-0.1, -0.05) is 18.2 Å². The van der Waals surface area contributed by atoms with Gasteiger partial charge in [0.2, 0.25) is 11.6 Å². The maximum Gasteiger partial charge on any atom is 0.235 e. The van der Waals surface area contributed by atoms with Gasteiger partial charge in [-0.25, -0.2) is 0 Å². The van der Waals surface area contributed by atoms with E-state index >= 15 is 0 Å². The Balaban J connectivity index is 1.82. The first kappa shape index (κ1) is 15.6. The zero-order valence-corrected chi connectivity index (χ0v) is 13.1. The molecule has 0 spiro atoms. The summed E-state index contributed by atoms with van der Waals surface area (Å²) in [6.45, 7) is 1.84. The average molecular weight is 317 g/mol. The molecule has 3 aromatic rings. The van der Waals surface area contributed by atoms with Crippen LogP contribution < -0.4 is 4.74 Å². The van der Waals surface area contributed by atoms with Gasteiger partial charge in [0.05, 0.1) is 0 Å². The van der Waals surface area contributed by atoms with Gasteiger partial charge in [0, 0.05) is 23.5 Å². The Hall–Kier alpha value is -3.27. The van der Waals surface area contributed by atoms with Crippen LogP contribution in [0.25, 0.3) is 0 Å². The lowest BCUT2D eigenvalue weighted by Crippen LogP contribution is -2.14. The average Bonchev–Trinajstić information content (AvgIpc) is 2.64. The van der Waals surface area contributed by atoms with Crippen molar-refractivity contribution < 1.29 is 14.3 Å². The highest BCUT2D eigenvalue weighted by atomic mass is 16.5. The van der Waals surface area contributed by atoms with Crippen LogP contribution in [0.3, 0.4) is 0 Å². The first-order valence-corrected chi connectivity index (χ1v) is 7.48. The zero-order chi connectivity index (χ0) is 16.9. The Kier molecular flexibility index (Phi) is 4.47. The lowest BCUT2D eigenvalue weighted by atomic mass is 10.0. The van der Waals surface area contributed by atoms with Gasteiger partial charge in [0.25, 0.3) is 0 Å². The maximum atomic E-state index is 12.3. The van der Waals surface area contributed by atoms with E-state index in [0.717, 1.165) is 5.56 Å². The fourth-order valence-corrected chi connectivity index (χ4v) is 2.28. The number of rotatable bonds is 5. The van der Waals surface area contributed by atoms with E-state index in [1.54, 1.807) is 36.5 Å². The number of hydrogen-bond donors (Lipinski definition) is 0. The molecular weight excluding hydrogens is 302 g/mol. The van der Waals surface area contributed by atoms with Gasteiger partial charge in [-0.3, -0.25) is 14.6 Å². The number of nitrogens with zero attached hydrogens (tertiary/aromatic N) is 1. The third-order valence-corrected chi connectivity index (χ3v) is 3.54. The fourth-order valence-electron chi connectivity index (χ4n) is 2.28. The number of ether oxygens (including phenoxy) is 1. The van der Waals surface area contributed by atoms with Crippen LogP contribution in [0.4, 0.5) is 0 Å². The second kappa shape index (κ2) is 6.87. The standard InChI is InChI=1S/C20H15NO3/c1-14-12-15(19(22)20(23)16-6-5-11-21-13-16)9-10-18(14)24-17-7-3-2-4-8-17/h2-13H,1H3. The molecule has 0 fully saturated rings. The van der Waals surface area contributed by atoms with Gasteiger partial charge in [-0.2, -0.15) is 0 Å². The Morgan fingerprint density at radius 1 is 0.875 bits per heavy atom. The summed E-state index contributed by atoms with van der Waals surface area (Å²) >= 11 is 0. The Morgan fingerprint density at radius 2 is 1.62 bits per heavy atom. The molecule has 1 aromatic heterocycles. The highest BCUT2D eigenvalue weighted by molar-refractivity contribution is 6.49. The smallest absolute Gasteiger partial charge is 0.235 e. The maximum absolute atomic E-state index is 12.3. The normalized spacial score (nSPS) is 10.2. The van der Waals surface area contributed by atoms with Crippen molar-refractivity contribution in [1.29, 1.82) is 0 Å². The highest BCUT2D eigenvalue weighted by Gasteiger charge is 2.19. The molecule has 0 N–H and O–H groups in total. The largest absolute Gasteiger partial charge is 0.457 e. The summed E-state index contributed by atoms with van der Waals surface area (Å²) in [5.41, 5.74) is 1.40. The van der Waals surface area contributed by atoms with Crippen LogP contribution >= 0.6 is 0 Å². The van der Waals surface area contributed by atoms with Crippen molar-refractivity contribution >= 4 is 11.6 Å². The van der Waals surface area contributed by atoms with Crippen molar-refractivity contribution in [3.05, 3.63) is 89.7 Å². The van der Waals surface area contributed by atoms with E-state index in [2.05, 4.69) is 4.98 Å². The van der Waals surface area contributed by atoms with E-state index in [1.807, 2.05) is 37.3 Å². The van der Waals surface area contributed by atoms with Gasteiger partial charge >= 0.3 is 0 Å². The van der Waals surface area contributed by atoms with Crippen molar-refractivity contribution in [2.24, 2.45) is 0 Å². The van der Waals surface area contributed by atoms with Gasteiger partial charge in [-0.15, -0.1) is 0 Å². The minimum absolute atomic E-state index is 0.282. The van der Waals surface area contributed by atoms with Gasteiger partial charge in [-0.05, 0) is 55.0 Å². The molecule has 0 atom stereocenters. The number of carbonyl (C=O) groups is 2. The molecule has 2 aromatic carbocycles. The van der Waals surface area contributed by atoms with Crippen LogP contribution in [0, 0.1) is 6.92 Å². The fraction of sp³-hybridized carbons (Fsp3) is 0.0500. The van der Waals surface area contributed by atoms with Gasteiger partial charge in [0.1, 0.15) is 11.5 Å². The predicted octanol–water partition coefficient (Wildman–Crippen LogP) is 4.25. The molecule has 4 heteroatoms. The summed E-state index contributed by atoms with van der Waals surface area (Å²) in [5, 5.41) is 0. The number of aryl methyl sites for hydroxylation is 1. The second-order valence-corrected chi connectivity index (χ2v) is 5.30. The molecule has 0 bridgehead atoms. The molecule has 0 aliphatic heterocycles. The molecule has 118 valence electrons. The Labute approximate surface area is 139 Å². The van der Waals surface area contributed by atoms with Crippen LogP contribution in [0.15, 0.2) is 73.1 Å². The molecular formula is C20H15NO3. The van der Waals surface area contributed by atoms with E-state index < -0.39 is 11.6 Å². The zero-order valence-electron chi connectivity index (χ0n) is 13.1. The number of ketones is 2. The summed E-state index contributed by atoms with van der Waals surface area (Å²) in [4.78, 5) is 28.4. The lowest BCUT2D eigenvalue weighted by molar-refractivity contribution is 0.0816. The van der Waals surface area contributed by atoms with E-state index in [-0.39, 0.29) is 5.56 Å². The molecule has 1 heterocycles. The van der Waals surface area contributed by atoms with E-state index in [1.165, 1.54) is 6.20 Å². The monoisotopic (exact) mass is 317 g/mol. The van der Waals surface area contributed by atoms with Crippen LogP contribution in [-0.4, -0.2) is 16.6 Å². The predicted molar refractivity (Wildman–Crippen MR) is 90.6 cm³/mol. The number of pyridine rings is 1. The number of Topliss-reactive ketones (excluding diaryl/α,β-unsaturated/α-hetero) is 2. The quantitative estimate of drug-likeness (QED) is 0.521. The van der Waals surface area contributed by atoms with Crippen molar-refractivity contribution in [2.45, 2.75) is 6.92 Å². The molecule has 0 radical (unpaired) electrons. The molecule has 24 heavy (non-hydrogen) atoms. The number of hydrogen-bond acceptors (Lipinski definition) is 4. The first-order chi connectivity index (χ1) is 11.6. The van der Waals surface area contributed by atoms with Crippen molar-refractivity contribution in [2.75, 3.05) is 0 Å². The SMILES string of the molecule is Cc1cc(C(=O)C(=O)c2cccnc2)ccc1Oc1ccccc1. The molecule has 4 nitrogen and oxygen atoms in total. The van der Waals surface area contributed by atoms with E-state index in [4.69, 9.17) is 4.74 Å². The number of carbonyl (C=O) groups excluding carboxylic acids is 2. The van der Waals surface area contributed by atoms with Crippen LogP contribution in [0.2, 0.25) is 0 Å². The number of para-hydroxylation sites is 1. The molecule has 0 aliphatic rings. The van der Waals surface area contributed by atoms with Gasteiger partial charge < -0.3 is 4.74 Å². The first-order valence-electron chi connectivity index (χ1n) is 7.48. The van der Waals surface area contributed by atoms with Crippen LogP contribution in [0.5, 0.6) is 11.5 Å². The molecule has 0 unspecified atom stereocenters.